The summed E-state index contributed by atoms with van der Waals surface area (Å²) < 4.78 is 26.6. The molecule has 2 aromatic carbocycles. The zero-order chi connectivity index (χ0) is 21.6. The first-order valence-corrected chi connectivity index (χ1v) is 13.8. The van der Waals surface area contributed by atoms with Crippen LogP contribution in [0, 0.1) is 0 Å². The van der Waals surface area contributed by atoms with E-state index in [1.165, 1.54) is 0 Å². The molecule has 0 aromatic heterocycles. The van der Waals surface area contributed by atoms with E-state index in [0.29, 0.717) is 6.17 Å². The van der Waals surface area contributed by atoms with Crippen LogP contribution < -0.4 is 10.6 Å². The third-order valence-corrected chi connectivity index (χ3v) is 9.49. The molecule has 2 aromatic rings. The fraction of sp³-hybridized carbons (Fsp3) is 0.400. The highest BCUT2D eigenvalue weighted by atomic mass is 28.4. The molecule has 0 fully saturated rings. The molecule has 0 saturated heterocycles. The van der Waals surface area contributed by atoms with E-state index in [1.54, 1.807) is 35.5 Å². The minimum atomic E-state index is -2.51. The Morgan fingerprint density at radius 1 is 0.586 bits per heavy atom. The Labute approximate surface area is 176 Å². The van der Waals surface area contributed by atoms with Gasteiger partial charge in [0.05, 0.1) is 12.3 Å². The quantitative estimate of drug-likeness (QED) is 0.520. The van der Waals surface area contributed by atoms with E-state index in [0.717, 1.165) is 17.5 Å². The number of para-hydroxylation sites is 2. The lowest BCUT2D eigenvalue weighted by molar-refractivity contribution is 0.127. The van der Waals surface area contributed by atoms with Gasteiger partial charge in [0.25, 0.3) is 0 Å². The van der Waals surface area contributed by atoms with E-state index < -0.39 is 17.4 Å². The molecular weight excluding hydrogens is 404 g/mol. The predicted octanol–water partition coefficient (Wildman–Crippen LogP) is 3.52. The minimum Gasteiger partial charge on any atom is -0.397 e. The Morgan fingerprint density at radius 3 is 1.31 bits per heavy atom. The van der Waals surface area contributed by atoms with Crippen molar-refractivity contribution >= 4 is 28.7 Å². The molecule has 0 radical (unpaired) electrons. The molecule has 0 aliphatic carbocycles. The fourth-order valence-corrected chi connectivity index (χ4v) is 4.61. The van der Waals surface area contributed by atoms with Crippen molar-refractivity contribution in [3.8, 4) is 0 Å². The number of rotatable bonds is 11. The van der Waals surface area contributed by atoms with E-state index >= 15 is 0 Å². The molecule has 0 aliphatic rings. The number of hydrogen-bond donors (Lipinski definition) is 2. The summed E-state index contributed by atoms with van der Waals surface area (Å²) in [5.74, 6) is 0. The normalized spacial score (nSPS) is 11.4. The van der Waals surface area contributed by atoms with E-state index in [9.17, 15) is 0 Å². The van der Waals surface area contributed by atoms with Crippen LogP contribution in [0.3, 0.4) is 0 Å². The molecule has 2 N–H and O–H groups in total. The van der Waals surface area contributed by atoms with Crippen LogP contribution in [0.5, 0.6) is 0 Å². The number of anilines is 2. The van der Waals surface area contributed by atoms with Gasteiger partial charge in [0.2, 0.25) is 0 Å². The van der Waals surface area contributed by atoms with Gasteiger partial charge >= 0.3 is 17.4 Å². The third-order valence-electron chi connectivity index (χ3n) is 4.47. The highest BCUT2D eigenvalue weighted by Crippen LogP contribution is 2.10. The van der Waals surface area contributed by atoms with Gasteiger partial charge < -0.3 is 32.8 Å². The molecule has 0 amide bonds. The van der Waals surface area contributed by atoms with Crippen LogP contribution in [-0.4, -0.2) is 65.3 Å². The Hall–Kier alpha value is -1.73. The SMILES string of the molecule is CO[Si](C)(CNc1ccccc1)OC.CO[Si](CNc1ccccc1)(OC)OC. The molecule has 0 heterocycles. The Balaban J connectivity index is 0.000000291. The molecule has 0 bridgehead atoms. The molecule has 0 aliphatic heterocycles. The maximum absolute atomic E-state index is 5.36. The Kier molecular flexibility index (Phi) is 11.8. The van der Waals surface area contributed by atoms with Gasteiger partial charge in [-0.2, -0.15) is 0 Å². The predicted molar refractivity (Wildman–Crippen MR) is 122 cm³/mol. The first-order chi connectivity index (χ1) is 14.0. The van der Waals surface area contributed by atoms with Crippen LogP contribution in [0.1, 0.15) is 0 Å². The summed E-state index contributed by atoms with van der Waals surface area (Å²) in [4.78, 5) is 0. The van der Waals surface area contributed by atoms with Crippen molar-refractivity contribution in [2.45, 2.75) is 6.55 Å². The maximum atomic E-state index is 5.36. The van der Waals surface area contributed by atoms with Crippen LogP contribution in [-0.2, 0) is 22.1 Å². The number of benzene rings is 2. The molecule has 0 atom stereocenters. The fourth-order valence-electron chi connectivity index (χ4n) is 2.28. The lowest BCUT2D eigenvalue weighted by Gasteiger charge is -2.24. The van der Waals surface area contributed by atoms with Crippen molar-refractivity contribution in [1.29, 1.82) is 0 Å². The van der Waals surface area contributed by atoms with Crippen LogP contribution in [0.4, 0.5) is 11.4 Å². The number of hydrogen-bond acceptors (Lipinski definition) is 7. The first kappa shape index (κ1) is 25.3. The lowest BCUT2D eigenvalue weighted by atomic mass is 10.3. The van der Waals surface area contributed by atoms with E-state index in [4.69, 9.17) is 22.1 Å². The second kappa shape index (κ2) is 13.5. The summed E-state index contributed by atoms with van der Waals surface area (Å²) in [7, 11) is 3.70. The molecule has 2 rings (SSSR count). The van der Waals surface area contributed by atoms with E-state index in [2.05, 4.69) is 10.6 Å². The van der Waals surface area contributed by atoms with Gasteiger partial charge in [0, 0.05) is 46.9 Å². The summed E-state index contributed by atoms with van der Waals surface area (Å²) >= 11 is 0. The summed E-state index contributed by atoms with van der Waals surface area (Å²) in [6.07, 6.45) is 1.31. The summed E-state index contributed by atoms with van der Waals surface area (Å²) in [6, 6.07) is 19.9. The first-order valence-electron chi connectivity index (χ1n) is 9.30. The van der Waals surface area contributed by atoms with E-state index in [1.807, 2.05) is 67.2 Å². The summed E-state index contributed by atoms with van der Waals surface area (Å²) in [5, 5.41) is 6.52. The minimum absolute atomic E-state index is 0.556. The summed E-state index contributed by atoms with van der Waals surface area (Å²) in [6.45, 7) is 2.03. The molecule has 29 heavy (non-hydrogen) atoms. The molecule has 0 spiro atoms. The highest BCUT2D eigenvalue weighted by Gasteiger charge is 2.37. The second-order valence-corrected chi connectivity index (χ2v) is 12.7. The van der Waals surface area contributed by atoms with Crippen molar-refractivity contribution in [1.82, 2.24) is 0 Å². The smallest absolute Gasteiger partial charge is 0.397 e. The standard InChI is InChI=1S/C10H17NO3Si.C10H17NO2Si/c1-12-15(13-2,14-3)9-11-10-7-5-4-6-8-10;1-12-14(3,13-2)9-11-10-7-5-4-6-8-10/h4-8,11H,9H2,1-3H3;4-8,11H,9H2,1-3H3. The van der Waals surface area contributed by atoms with Crippen molar-refractivity contribution in [3.05, 3.63) is 60.7 Å². The lowest BCUT2D eigenvalue weighted by Crippen LogP contribution is -2.49. The van der Waals surface area contributed by atoms with Gasteiger partial charge in [0.1, 0.15) is 0 Å². The highest BCUT2D eigenvalue weighted by molar-refractivity contribution is 6.66. The summed E-state index contributed by atoms with van der Waals surface area (Å²) in [5.41, 5.74) is 2.13. The van der Waals surface area contributed by atoms with E-state index in [-0.39, 0.29) is 0 Å². The third kappa shape index (κ3) is 9.09. The van der Waals surface area contributed by atoms with Crippen molar-refractivity contribution in [2.75, 3.05) is 58.5 Å². The van der Waals surface area contributed by atoms with Crippen LogP contribution in [0.25, 0.3) is 0 Å². The van der Waals surface area contributed by atoms with Crippen molar-refractivity contribution in [2.24, 2.45) is 0 Å². The monoisotopic (exact) mass is 438 g/mol. The zero-order valence-electron chi connectivity index (χ0n) is 18.2. The molecular formula is C20H34N2O5Si2. The van der Waals surface area contributed by atoms with Gasteiger partial charge in [-0.25, -0.2) is 0 Å². The molecule has 7 nitrogen and oxygen atoms in total. The molecule has 0 unspecified atom stereocenters. The average Bonchev–Trinajstić information content (AvgIpc) is 2.80. The Morgan fingerprint density at radius 2 is 0.966 bits per heavy atom. The number of nitrogens with one attached hydrogen (secondary N) is 2. The largest absolute Gasteiger partial charge is 0.520 e. The Bertz CT molecular complexity index is 648. The average molecular weight is 439 g/mol. The van der Waals surface area contributed by atoms with Crippen molar-refractivity contribution in [3.63, 3.8) is 0 Å². The zero-order valence-corrected chi connectivity index (χ0v) is 20.2. The molecule has 0 saturated carbocycles. The van der Waals surface area contributed by atoms with Gasteiger partial charge in [-0.1, -0.05) is 36.4 Å². The van der Waals surface area contributed by atoms with Gasteiger partial charge in [-0.3, -0.25) is 0 Å². The maximum Gasteiger partial charge on any atom is 0.520 e. The van der Waals surface area contributed by atoms with Gasteiger partial charge in [-0.05, 0) is 30.8 Å². The second-order valence-electron chi connectivity index (χ2n) is 6.28. The van der Waals surface area contributed by atoms with Gasteiger partial charge in [0.15, 0.2) is 0 Å². The topological polar surface area (TPSA) is 70.2 Å². The van der Waals surface area contributed by atoms with Crippen LogP contribution in [0.2, 0.25) is 6.55 Å². The van der Waals surface area contributed by atoms with Crippen molar-refractivity contribution < 1.29 is 22.1 Å². The molecule has 162 valence electrons. The van der Waals surface area contributed by atoms with Crippen LogP contribution >= 0.6 is 0 Å². The van der Waals surface area contributed by atoms with Gasteiger partial charge in [-0.15, -0.1) is 0 Å². The van der Waals surface area contributed by atoms with Crippen LogP contribution in [0.15, 0.2) is 60.7 Å². The molecule has 9 heteroatoms.